The van der Waals surface area contributed by atoms with Crippen LogP contribution in [0.2, 0.25) is 0 Å². The van der Waals surface area contributed by atoms with Gasteiger partial charge in [-0.2, -0.15) is 26.3 Å². The number of aliphatic hydroxyl groups excluding tert-OH is 1. The number of nitrogens with two attached hydrogens (primary N) is 1. The Kier molecular flexibility index (Phi) is 5.11. The van der Waals surface area contributed by atoms with Gasteiger partial charge >= 0.3 is 12.4 Å². The molecule has 1 aromatic rings. The Labute approximate surface area is 156 Å². The molecule has 1 fully saturated rings. The molecule has 11 heteroatoms. The van der Waals surface area contributed by atoms with Crippen LogP contribution in [-0.4, -0.2) is 45.8 Å². The molecule has 156 valence electrons. The van der Waals surface area contributed by atoms with Gasteiger partial charge in [0, 0.05) is 37.4 Å². The molecular weight excluding hydrogens is 392 g/mol. The van der Waals surface area contributed by atoms with Crippen LogP contribution < -0.4 is 5.73 Å². The minimum absolute atomic E-state index is 0.00572. The number of carbonyl (C=O) groups excluding carboxylic acids is 1. The van der Waals surface area contributed by atoms with Gasteiger partial charge in [-0.1, -0.05) is 0 Å². The largest absolute Gasteiger partial charge is 0.417 e. The molecule has 2 aliphatic rings. The fraction of sp³-hybridized carbons (Fsp3) is 0.647. The van der Waals surface area contributed by atoms with Crippen LogP contribution in [0.1, 0.15) is 36.1 Å². The second-order valence-electron chi connectivity index (χ2n) is 7.41. The first-order chi connectivity index (χ1) is 12.8. The standard InChI is InChI=1S/C17H19F6N3O2/c18-16(19,20)10-5-9-8-26(4-2-12(9)25-7-10)14(28)15(3-1-11(24)6-15)13(27)17(21,22)23/h5,7,11,13,27H,1-4,6,8,24H2. The summed E-state index contributed by atoms with van der Waals surface area (Å²) < 4.78 is 78.4. The molecule has 3 rings (SSSR count). The number of aromatic nitrogens is 1. The summed E-state index contributed by atoms with van der Waals surface area (Å²) >= 11 is 0. The van der Waals surface area contributed by atoms with Crippen LogP contribution in [0.4, 0.5) is 26.3 Å². The van der Waals surface area contributed by atoms with Crippen molar-refractivity contribution < 1.29 is 36.2 Å². The zero-order chi connectivity index (χ0) is 20.9. The normalized spacial score (nSPS) is 26.9. The fourth-order valence-corrected chi connectivity index (χ4v) is 4.06. The SMILES string of the molecule is NC1CCC(C(=O)N2CCc3ncc(C(F)(F)F)cc3C2)(C(O)C(F)(F)F)C1. The maximum atomic E-state index is 13.2. The molecule has 0 spiro atoms. The number of hydrogen-bond acceptors (Lipinski definition) is 4. The number of nitrogens with zero attached hydrogens (tertiary/aromatic N) is 2. The lowest BCUT2D eigenvalue weighted by molar-refractivity contribution is -0.239. The fourth-order valence-electron chi connectivity index (χ4n) is 4.06. The molecule has 1 amide bonds. The van der Waals surface area contributed by atoms with E-state index < -0.39 is 41.4 Å². The van der Waals surface area contributed by atoms with Gasteiger partial charge in [-0.25, -0.2) is 0 Å². The number of fused-ring (bicyclic) bond motifs is 1. The average molecular weight is 411 g/mol. The average Bonchev–Trinajstić information content (AvgIpc) is 3.00. The van der Waals surface area contributed by atoms with E-state index in [1.165, 1.54) is 0 Å². The van der Waals surface area contributed by atoms with Gasteiger partial charge in [-0.15, -0.1) is 0 Å². The van der Waals surface area contributed by atoms with Crippen LogP contribution in [0.25, 0.3) is 0 Å². The predicted molar refractivity (Wildman–Crippen MR) is 84.7 cm³/mol. The van der Waals surface area contributed by atoms with Gasteiger partial charge in [-0.3, -0.25) is 9.78 Å². The van der Waals surface area contributed by atoms with Crippen molar-refractivity contribution >= 4 is 5.91 Å². The summed E-state index contributed by atoms with van der Waals surface area (Å²) in [6.45, 7) is -0.293. The highest BCUT2D eigenvalue weighted by Gasteiger charge is 2.60. The molecular formula is C17H19F6N3O2. The van der Waals surface area contributed by atoms with Gasteiger partial charge in [0.1, 0.15) is 0 Å². The maximum absolute atomic E-state index is 13.2. The lowest BCUT2D eigenvalue weighted by Crippen LogP contribution is -2.55. The van der Waals surface area contributed by atoms with Gasteiger partial charge in [0.2, 0.25) is 5.91 Å². The number of alkyl halides is 6. The summed E-state index contributed by atoms with van der Waals surface area (Å²) in [6, 6.07) is 0.186. The van der Waals surface area contributed by atoms with E-state index in [2.05, 4.69) is 4.98 Å². The second-order valence-corrected chi connectivity index (χ2v) is 7.41. The maximum Gasteiger partial charge on any atom is 0.417 e. The molecule has 3 N–H and O–H groups in total. The van der Waals surface area contributed by atoms with Crippen molar-refractivity contribution in [3.05, 3.63) is 29.1 Å². The number of hydrogen-bond donors (Lipinski definition) is 2. The number of amides is 1. The Morgan fingerprint density at radius 3 is 2.54 bits per heavy atom. The first-order valence-corrected chi connectivity index (χ1v) is 8.69. The third-order valence-corrected chi connectivity index (χ3v) is 5.50. The number of carbonyl (C=O) groups is 1. The smallest absolute Gasteiger partial charge is 0.383 e. The van der Waals surface area contributed by atoms with Crippen molar-refractivity contribution in [2.24, 2.45) is 11.1 Å². The molecule has 0 bridgehead atoms. The predicted octanol–water partition coefficient (Wildman–Crippen LogP) is 2.41. The van der Waals surface area contributed by atoms with Crippen LogP contribution >= 0.6 is 0 Å². The second kappa shape index (κ2) is 6.87. The topological polar surface area (TPSA) is 79.5 Å². The van der Waals surface area contributed by atoms with Crippen molar-refractivity contribution in [3.63, 3.8) is 0 Å². The van der Waals surface area contributed by atoms with Gasteiger partial charge in [0.05, 0.1) is 11.0 Å². The molecule has 28 heavy (non-hydrogen) atoms. The number of pyridine rings is 1. The van der Waals surface area contributed by atoms with Gasteiger partial charge in [0.15, 0.2) is 6.10 Å². The third kappa shape index (κ3) is 3.69. The molecule has 2 heterocycles. The van der Waals surface area contributed by atoms with E-state index in [-0.39, 0.29) is 44.3 Å². The van der Waals surface area contributed by atoms with Crippen molar-refractivity contribution in [2.45, 2.75) is 56.7 Å². The Morgan fingerprint density at radius 2 is 2.00 bits per heavy atom. The van der Waals surface area contributed by atoms with E-state index in [1.54, 1.807) is 0 Å². The summed E-state index contributed by atoms with van der Waals surface area (Å²) in [5, 5.41) is 9.91. The van der Waals surface area contributed by atoms with Gasteiger partial charge < -0.3 is 15.7 Å². The summed E-state index contributed by atoms with van der Waals surface area (Å²) in [7, 11) is 0. The molecule has 3 unspecified atom stereocenters. The minimum atomic E-state index is -5.02. The Hall–Kier alpha value is -1.88. The minimum Gasteiger partial charge on any atom is -0.383 e. The number of halogens is 6. The number of rotatable bonds is 2. The summed E-state index contributed by atoms with van der Waals surface area (Å²) in [5.74, 6) is -0.937. The molecule has 5 nitrogen and oxygen atoms in total. The summed E-state index contributed by atoms with van der Waals surface area (Å²) in [6.07, 6.45) is -12.1. The molecule has 1 aliphatic carbocycles. The Balaban J connectivity index is 1.90. The van der Waals surface area contributed by atoms with E-state index in [9.17, 15) is 36.2 Å². The lowest BCUT2D eigenvalue weighted by atomic mass is 9.77. The first kappa shape index (κ1) is 20.8. The number of aliphatic hydroxyl groups is 1. The van der Waals surface area contributed by atoms with E-state index in [0.717, 1.165) is 11.0 Å². The zero-order valence-corrected chi connectivity index (χ0v) is 14.6. The highest BCUT2D eigenvalue weighted by Crippen LogP contribution is 2.47. The van der Waals surface area contributed by atoms with E-state index in [0.29, 0.717) is 11.9 Å². The van der Waals surface area contributed by atoms with Crippen molar-refractivity contribution in [1.29, 1.82) is 0 Å². The highest BCUT2D eigenvalue weighted by molar-refractivity contribution is 5.84. The summed E-state index contributed by atoms with van der Waals surface area (Å²) in [5.41, 5.74) is 3.10. The Bertz CT molecular complexity index is 766. The summed E-state index contributed by atoms with van der Waals surface area (Å²) in [4.78, 5) is 17.9. The molecule has 1 saturated carbocycles. The van der Waals surface area contributed by atoms with Crippen molar-refractivity contribution in [3.8, 4) is 0 Å². The van der Waals surface area contributed by atoms with E-state index in [4.69, 9.17) is 5.73 Å². The van der Waals surface area contributed by atoms with Gasteiger partial charge in [0.25, 0.3) is 0 Å². The lowest BCUT2D eigenvalue weighted by Gasteiger charge is -2.40. The van der Waals surface area contributed by atoms with Crippen LogP contribution in [0.5, 0.6) is 0 Å². The molecule has 3 atom stereocenters. The Morgan fingerprint density at radius 1 is 1.32 bits per heavy atom. The quantitative estimate of drug-likeness (QED) is 0.733. The molecule has 1 aromatic heterocycles. The first-order valence-electron chi connectivity index (χ1n) is 8.69. The third-order valence-electron chi connectivity index (χ3n) is 5.50. The molecule has 0 aromatic carbocycles. The molecule has 0 radical (unpaired) electrons. The monoisotopic (exact) mass is 411 g/mol. The van der Waals surface area contributed by atoms with Gasteiger partial charge in [-0.05, 0) is 30.9 Å². The molecule has 1 aliphatic heterocycles. The van der Waals surface area contributed by atoms with E-state index >= 15 is 0 Å². The van der Waals surface area contributed by atoms with Crippen LogP contribution in [0.3, 0.4) is 0 Å². The van der Waals surface area contributed by atoms with E-state index in [1.807, 2.05) is 0 Å². The van der Waals surface area contributed by atoms with Crippen LogP contribution in [0, 0.1) is 5.41 Å². The molecule has 0 saturated heterocycles. The van der Waals surface area contributed by atoms with Crippen LogP contribution in [0.15, 0.2) is 12.3 Å². The van der Waals surface area contributed by atoms with Crippen molar-refractivity contribution in [2.75, 3.05) is 6.54 Å². The highest BCUT2D eigenvalue weighted by atomic mass is 19.4. The van der Waals surface area contributed by atoms with Crippen LogP contribution in [-0.2, 0) is 23.9 Å². The zero-order valence-electron chi connectivity index (χ0n) is 14.6. The van der Waals surface area contributed by atoms with Crippen molar-refractivity contribution in [1.82, 2.24) is 9.88 Å².